The molecule has 86 valence electrons. The number of aryl methyl sites for hydroxylation is 2. The third-order valence-electron chi connectivity index (χ3n) is 2.81. The molecule has 5 heteroatoms. The summed E-state index contributed by atoms with van der Waals surface area (Å²) in [6, 6.07) is 1.86. The Bertz CT molecular complexity index is 618. The average molecular weight is 245 g/mol. The highest BCUT2D eigenvalue weighted by atomic mass is 32.1. The van der Waals surface area contributed by atoms with Crippen molar-refractivity contribution in [1.82, 2.24) is 15.3 Å². The number of fused-ring (bicyclic) bond motifs is 1. The predicted octanol–water partition coefficient (Wildman–Crippen LogP) is 2.07. The van der Waals surface area contributed by atoms with Crippen LogP contribution in [0.15, 0.2) is 12.3 Å². The summed E-state index contributed by atoms with van der Waals surface area (Å²) in [5.74, 6) is -0.0115. The molecule has 0 spiro atoms. The highest BCUT2D eigenvalue weighted by Crippen LogP contribution is 2.30. The van der Waals surface area contributed by atoms with Crippen molar-refractivity contribution in [1.29, 1.82) is 0 Å². The van der Waals surface area contributed by atoms with Crippen LogP contribution < -0.4 is 5.32 Å². The van der Waals surface area contributed by atoms with Crippen molar-refractivity contribution in [2.45, 2.75) is 20.4 Å². The second-order valence-electron chi connectivity index (χ2n) is 4.06. The van der Waals surface area contributed by atoms with E-state index in [-0.39, 0.29) is 5.91 Å². The van der Waals surface area contributed by atoms with Crippen molar-refractivity contribution in [3.8, 4) is 10.6 Å². The number of aromatic nitrogens is 2. The first-order chi connectivity index (χ1) is 8.15. The van der Waals surface area contributed by atoms with Crippen LogP contribution in [0.3, 0.4) is 0 Å². The molecule has 1 amide bonds. The number of carbonyl (C=O) groups is 1. The number of rotatable bonds is 1. The van der Waals surface area contributed by atoms with Gasteiger partial charge in [-0.15, -0.1) is 11.3 Å². The molecule has 0 radical (unpaired) electrons. The maximum atomic E-state index is 11.6. The summed E-state index contributed by atoms with van der Waals surface area (Å²) in [4.78, 5) is 21.4. The Morgan fingerprint density at radius 1 is 1.41 bits per heavy atom. The number of nitrogens with zero attached hydrogens (tertiary/aromatic N) is 2. The molecule has 0 bridgehead atoms. The van der Waals surface area contributed by atoms with Gasteiger partial charge in [0.2, 0.25) is 0 Å². The van der Waals surface area contributed by atoms with Crippen LogP contribution in [0.4, 0.5) is 0 Å². The van der Waals surface area contributed by atoms with Gasteiger partial charge in [-0.3, -0.25) is 9.78 Å². The minimum Gasteiger partial charge on any atom is -0.348 e. The third-order valence-corrected chi connectivity index (χ3v) is 3.90. The van der Waals surface area contributed by atoms with Crippen LogP contribution in [0, 0.1) is 13.8 Å². The van der Waals surface area contributed by atoms with Crippen LogP contribution in [-0.4, -0.2) is 15.9 Å². The van der Waals surface area contributed by atoms with E-state index in [1.54, 1.807) is 17.5 Å². The van der Waals surface area contributed by atoms with Crippen LogP contribution in [0.25, 0.3) is 10.6 Å². The number of hydrogen-bond donors (Lipinski definition) is 1. The van der Waals surface area contributed by atoms with E-state index in [2.05, 4.69) is 15.3 Å². The van der Waals surface area contributed by atoms with Crippen molar-refractivity contribution < 1.29 is 4.79 Å². The number of pyridine rings is 1. The van der Waals surface area contributed by atoms with Gasteiger partial charge in [-0.05, 0) is 19.9 Å². The lowest BCUT2D eigenvalue weighted by Crippen LogP contribution is -2.12. The molecule has 4 nitrogen and oxygen atoms in total. The van der Waals surface area contributed by atoms with Crippen molar-refractivity contribution in [2.24, 2.45) is 0 Å². The lowest BCUT2D eigenvalue weighted by Gasteiger charge is -2.00. The minimum absolute atomic E-state index is 0.0115. The molecular weight excluding hydrogens is 234 g/mol. The fourth-order valence-corrected chi connectivity index (χ4v) is 2.89. The van der Waals surface area contributed by atoms with E-state index in [0.717, 1.165) is 32.4 Å². The summed E-state index contributed by atoms with van der Waals surface area (Å²) in [7, 11) is 0. The molecule has 0 atom stereocenters. The lowest BCUT2D eigenvalue weighted by atomic mass is 10.1. The Kier molecular flexibility index (Phi) is 2.22. The summed E-state index contributed by atoms with van der Waals surface area (Å²) in [5, 5.41) is 3.81. The van der Waals surface area contributed by atoms with Crippen LogP contribution in [0.1, 0.15) is 26.6 Å². The van der Waals surface area contributed by atoms with Gasteiger partial charge in [-0.2, -0.15) is 0 Å². The summed E-state index contributed by atoms with van der Waals surface area (Å²) >= 11 is 1.61. The van der Waals surface area contributed by atoms with Gasteiger partial charge in [0.25, 0.3) is 5.91 Å². The number of thiazole rings is 1. The average Bonchev–Trinajstić information content (AvgIpc) is 2.83. The van der Waals surface area contributed by atoms with Gasteiger partial charge in [-0.25, -0.2) is 4.98 Å². The predicted molar refractivity (Wildman–Crippen MR) is 66.0 cm³/mol. The zero-order chi connectivity index (χ0) is 12.0. The Hall–Kier alpha value is -1.75. The molecule has 3 rings (SSSR count). The van der Waals surface area contributed by atoms with Gasteiger partial charge in [0.05, 0.1) is 21.3 Å². The molecule has 1 aliphatic rings. The van der Waals surface area contributed by atoms with Gasteiger partial charge in [0.15, 0.2) is 0 Å². The van der Waals surface area contributed by atoms with E-state index in [4.69, 9.17) is 0 Å². The molecule has 1 aliphatic heterocycles. The molecule has 0 unspecified atom stereocenters. The quantitative estimate of drug-likeness (QED) is 0.836. The highest BCUT2D eigenvalue weighted by Gasteiger charge is 2.20. The summed E-state index contributed by atoms with van der Waals surface area (Å²) in [6.07, 6.45) is 1.77. The molecular formula is C12H11N3OS. The molecule has 0 fully saturated rings. The SMILES string of the molecule is Cc1nc(C)c(-c2cc3c(cn2)CNC3=O)s1. The molecule has 0 saturated carbocycles. The van der Waals surface area contributed by atoms with Crippen molar-refractivity contribution in [2.75, 3.05) is 0 Å². The molecule has 2 aromatic rings. The van der Waals surface area contributed by atoms with Gasteiger partial charge in [0.1, 0.15) is 0 Å². The fourth-order valence-electron chi connectivity index (χ4n) is 2.00. The first kappa shape index (κ1) is 10.4. The molecule has 0 aromatic carbocycles. The minimum atomic E-state index is -0.0115. The monoisotopic (exact) mass is 245 g/mol. The van der Waals surface area contributed by atoms with Crippen molar-refractivity contribution >= 4 is 17.2 Å². The Labute approximate surface area is 103 Å². The van der Waals surface area contributed by atoms with Crippen molar-refractivity contribution in [3.63, 3.8) is 0 Å². The summed E-state index contributed by atoms with van der Waals surface area (Å²) in [6.45, 7) is 4.52. The number of amides is 1. The Morgan fingerprint density at radius 2 is 2.24 bits per heavy atom. The van der Waals surface area contributed by atoms with E-state index in [1.807, 2.05) is 19.9 Å². The molecule has 0 aliphatic carbocycles. The topological polar surface area (TPSA) is 54.9 Å². The number of carbonyl (C=O) groups excluding carboxylic acids is 1. The van der Waals surface area contributed by atoms with Crippen molar-refractivity contribution in [3.05, 3.63) is 34.1 Å². The summed E-state index contributed by atoms with van der Waals surface area (Å²) in [5.41, 5.74) is 3.51. The van der Waals surface area contributed by atoms with Gasteiger partial charge < -0.3 is 5.32 Å². The highest BCUT2D eigenvalue weighted by molar-refractivity contribution is 7.15. The maximum Gasteiger partial charge on any atom is 0.252 e. The Morgan fingerprint density at radius 3 is 2.94 bits per heavy atom. The van der Waals surface area contributed by atoms with E-state index in [9.17, 15) is 4.79 Å². The van der Waals surface area contributed by atoms with E-state index in [0.29, 0.717) is 6.54 Å². The number of nitrogens with one attached hydrogen (secondary N) is 1. The van der Waals surface area contributed by atoms with Crippen LogP contribution in [0.2, 0.25) is 0 Å². The van der Waals surface area contributed by atoms with Gasteiger partial charge in [0, 0.05) is 23.9 Å². The Balaban J connectivity index is 2.14. The molecule has 0 saturated heterocycles. The van der Waals surface area contributed by atoms with Crippen LogP contribution in [-0.2, 0) is 6.54 Å². The maximum absolute atomic E-state index is 11.6. The van der Waals surface area contributed by atoms with Gasteiger partial charge in [-0.1, -0.05) is 0 Å². The standard InChI is InChI=1S/C12H11N3OS/c1-6-11(17-7(2)15-6)10-3-9-8(4-13-10)5-14-12(9)16/h3-4H,5H2,1-2H3,(H,14,16). The normalized spacial score (nSPS) is 13.6. The third kappa shape index (κ3) is 1.63. The smallest absolute Gasteiger partial charge is 0.252 e. The van der Waals surface area contributed by atoms with E-state index >= 15 is 0 Å². The molecule has 1 N–H and O–H groups in total. The van der Waals surface area contributed by atoms with E-state index in [1.165, 1.54) is 0 Å². The first-order valence-electron chi connectivity index (χ1n) is 5.36. The molecule has 17 heavy (non-hydrogen) atoms. The first-order valence-corrected chi connectivity index (χ1v) is 6.18. The summed E-state index contributed by atoms with van der Waals surface area (Å²) < 4.78 is 0. The zero-order valence-corrected chi connectivity index (χ0v) is 10.4. The van der Waals surface area contributed by atoms with Gasteiger partial charge >= 0.3 is 0 Å². The number of hydrogen-bond acceptors (Lipinski definition) is 4. The zero-order valence-electron chi connectivity index (χ0n) is 9.57. The second-order valence-corrected chi connectivity index (χ2v) is 5.26. The van der Waals surface area contributed by atoms with Crippen LogP contribution in [0.5, 0.6) is 0 Å². The molecule has 3 heterocycles. The fraction of sp³-hybridized carbons (Fsp3) is 0.250. The largest absolute Gasteiger partial charge is 0.348 e. The molecule has 2 aromatic heterocycles. The van der Waals surface area contributed by atoms with E-state index < -0.39 is 0 Å². The van der Waals surface area contributed by atoms with Crippen LogP contribution >= 0.6 is 11.3 Å². The lowest BCUT2D eigenvalue weighted by molar-refractivity contribution is 0.0966. The second kappa shape index (κ2) is 3.63.